The third-order valence-corrected chi connectivity index (χ3v) is 3.73. The van der Waals surface area contributed by atoms with Crippen molar-refractivity contribution >= 4 is 31.9 Å². The molecule has 2 atom stereocenters. The van der Waals surface area contributed by atoms with Crippen LogP contribution in [0.15, 0.2) is 27.1 Å². The van der Waals surface area contributed by atoms with Gasteiger partial charge in [0, 0.05) is 8.95 Å². The van der Waals surface area contributed by atoms with Crippen LogP contribution in [0.5, 0.6) is 0 Å². The molecule has 0 radical (unpaired) electrons. The lowest BCUT2D eigenvalue weighted by Crippen LogP contribution is -2.23. The summed E-state index contributed by atoms with van der Waals surface area (Å²) in [6, 6.07) is 5.37. The van der Waals surface area contributed by atoms with Crippen LogP contribution in [0, 0.1) is 0 Å². The first kappa shape index (κ1) is 11.2. The number of nitrogens with two attached hydrogens (primary N) is 1. The monoisotopic (exact) mass is 307 g/mol. The van der Waals surface area contributed by atoms with Crippen molar-refractivity contribution in [1.82, 2.24) is 0 Å². The normalized spacial score (nSPS) is 15.5. The highest BCUT2D eigenvalue weighted by atomic mass is 79.9. The fourth-order valence-electron chi connectivity index (χ4n) is 0.998. The van der Waals surface area contributed by atoms with Crippen LogP contribution in [0.25, 0.3) is 0 Å². The van der Waals surface area contributed by atoms with Crippen molar-refractivity contribution in [1.29, 1.82) is 0 Å². The third-order valence-electron chi connectivity index (χ3n) is 1.85. The smallest absolute Gasteiger partial charge is 0.0704 e. The molecule has 0 spiro atoms. The van der Waals surface area contributed by atoms with Gasteiger partial charge in [-0.15, -0.1) is 0 Å². The SMILES string of the molecule is CC(O)C(N)c1ccc(Br)c(Br)c1. The molecule has 0 aliphatic carbocycles. The van der Waals surface area contributed by atoms with Crippen molar-refractivity contribution in [2.45, 2.75) is 19.1 Å². The minimum absolute atomic E-state index is 0.329. The van der Waals surface area contributed by atoms with Gasteiger partial charge in [0.05, 0.1) is 12.1 Å². The summed E-state index contributed by atoms with van der Waals surface area (Å²) in [5.41, 5.74) is 6.69. The first-order chi connectivity index (χ1) is 6.02. The molecule has 0 heterocycles. The van der Waals surface area contributed by atoms with Gasteiger partial charge in [-0.3, -0.25) is 0 Å². The van der Waals surface area contributed by atoms with Crippen LogP contribution < -0.4 is 5.73 Å². The number of hydrogen-bond donors (Lipinski definition) is 2. The molecular formula is C9H11Br2NO. The molecule has 1 rings (SSSR count). The van der Waals surface area contributed by atoms with Gasteiger partial charge in [-0.05, 0) is 56.5 Å². The zero-order valence-electron chi connectivity index (χ0n) is 7.17. The minimum atomic E-state index is -0.534. The van der Waals surface area contributed by atoms with Gasteiger partial charge in [-0.1, -0.05) is 6.07 Å². The van der Waals surface area contributed by atoms with E-state index in [0.717, 1.165) is 14.5 Å². The van der Waals surface area contributed by atoms with Gasteiger partial charge in [-0.2, -0.15) is 0 Å². The summed E-state index contributed by atoms with van der Waals surface area (Å²) < 4.78 is 1.93. The molecular weight excluding hydrogens is 298 g/mol. The van der Waals surface area contributed by atoms with E-state index < -0.39 is 6.10 Å². The topological polar surface area (TPSA) is 46.2 Å². The fraction of sp³-hybridized carbons (Fsp3) is 0.333. The average Bonchev–Trinajstić information content (AvgIpc) is 2.08. The van der Waals surface area contributed by atoms with E-state index in [0.29, 0.717) is 0 Å². The predicted molar refractivity (Wildman–Crippen MR) is 60.5 cm³/mol. The quantitative estimate of drug-likeness (QED) is 0.882. The van der Waals surface area contributed by atoms with Crippen molar-refractivity contribution in [2.24, 2.45) is 5.73 Å². The second-order valence-corrected chi connectivity index (χ2v) is 4.65. The highest BCUT2D eigenvalue weighted by Gasteiger charge is 2.12. The lowest BCUT2D eigenvalue weighted by molar-refractivity contribution is 0.164. The molecule has 0 aromatic heterocycles. The Morgan fingerprint density at radius 2 is 1.92 bits per heavy atom. The number of halogens is 2. The molecule has 0 fully saturated rings. The maximum absolute atomic E-state index is 9.28. The number of aliphatic hydroxyl groups is 1. The van der Waals surface area contributed by atoms with Crippen molar-refractivity contribution < 1.29 is 5.11 Å². The van der Waals surface area contributed by atoms with E-state index in [1.165, 1.54) is 0 Å². The number of benzene rings is 1. The van der Waals surface area contributed by atoms with Crippen molar-refractivity contribution in [3.63, 3.8) is 0 Å². The zero-order chi connectivity index (χ0) is 10.0. The molecule has 1 aromatic carbocycles. The van der Waals surface area contributed by atoms with Gasteiger partial charge < -0.3 is 10.8 Å². The number of rotatable bonds is 2. The number of hydrogen-bond acceptors (Lipinski definition) is 2. The molecule has 0 amide bonds. The molecule has 0 saturated carbocycles. The molecule has 0 aliphatic rings. The Labute approximate surface area is 94.4 Å². The largest absolute Gasteiger partial charge is 0.391 e. The Hall–Kier alpha value is 0.1000. The molecule has 2 nitrogen and oxygen atoms in total. The molecule has 0 saturated heterocycles. The summed E-state index contributed by atoms with van der Waals surface area (Å²) in [4.78, 5) is 0. The van der Waals surface area contributed by atoms with Crippen LogP contribution >= 0.6 is 31.9 Å². The third kappa shape index (κ3) is 2.77. The van der Waals surface area contributed by atoms with Gasteiger partial charge in [0.2, 0.25) is 0 Å². The van der Waals surface area contributed by atoms with Crippen LogP contribution in [0.3, 0.4) is 0 Å². The van der Waals surface area contributed by atoms with Gasteiger partial charge >= 0.3 is 0 Å². The first-order valence-corrected chi connectivity index (χ1v) is 5.49. The van der Waals surface area contributed by atoms with E-state index >= 15 is 0 Å². The van der Waals surface area contributed by atoms with Crippen molar-refractivity contribution in [3.8, 4) is 0 Å². The summed E-state index contributed by atoms with van der Waals surface area (Å²) in [5, 5.41) is 9.28. The maximum atomic E-state index is 9.28. The molecule has 0 bridgehead atoms. The molecule has 72 valence electrons. The summed E-state index contributed by atoms with van der Waals surface area (Å²) in [5.74, 6) is 0. The zero-order valence-corrected chi connectivity index (χ0v) is 10.3. The van der Waals surface area contributed by atoms with Crippen LogP contribution in [0.4, 0.5) is 0 Å². The summed E-state index contributed by atoms with van der Waals surface area (Å²) in [7, 11) is 0. The Morgan fingerprint density at radius 1 is 1.31 bits per heavy atom. The van der Waals surface area contributed by atoms with Crippen LogP contribution in [0.1, 0.15) is 18.5 Å². The molecule has 1 aromatic rings. The van der Waals surface area contributed by atoms with Crippen LogP contribution in [-0.4, -0.2) is 11.2 Å². The fourth-order valence-corrected chi connectivity index (χ4v) is 1.64. The highest BCUT2D eigenvalue weighted by molar-refractivity contribution is 9.13. The predicted octanol–water partition coefficient (Wildman–Crippen LogP) is 2.59. The second-order valence-electron chi connectivity index (χ2n) is 2.94. The Bertz CT molecular complexity index is 302. The van der Waals surface area contributed by atoms with E-state index in [2.05, 4.69) is 31.9 Å². The summed E-state index contributed by atoms with van der Waals surface area (Å²) in [6.45, 7) is 1.68. The summed E-state index contributed by atoms with van der Waals surface area (Å²) >= 11 is 6.74. The van der Waals surface area contributed by atoms with Gasteiger partial charge in [0.1, 0.15) is 0 Å². The average molecular weight is 309 g/mol. The minimum Gasteiger partial charge on any atom is -0.391 e. The highest BCUT2D eigenvalue weighted by Crippen LogP contribution is 2.26. The number of aliphatic hydroxyl groups excluding tert-OH is 1. The van der Waals surface area contributed by atoms with Crippen LogP contribution in [0.2, 0.25) is 0 Å². The lowest BCUT2D eigenvalue weighted by atomic mass is 10.0. The molecule has 4 heteroatoms. The van der Waals surface area contributed by atoms with E-state index in [1.54, 1.807) is 6.92 Å². The van der Waals surface area contributed by atoms with Gasteiger partial charge in [0.15, 0.2) is 0 Å². The molecule has 0 aliphatic heterocycles. The van der Waals surface area contributed by atoms with E-state index in [4.69, 9.17) is 5.73 Å². The van der Waals surface area contributed by atoms with E-state index in [1.807, 2.05) is 18.2 Å². The molecule has 2 unspecified atom stereocenters. The first-order valence-electron chi connectivity index (χ1n) is 3.91. The Morgan fingerprint density at radius 3 is 2.38 bits per heavy atom. The molecule has 13 heavy (non-hydrogen) atoms. The second kappa shape index (κ2) is 4.55. The Kier molecular flexibility index (Phi) is 3.91. The summed E-state index contributed by atoms with van der Waals surface area (Å²) in [6.07, 6.45) is -0.534. The maximum Gasteiger partial charge on any atom is 0.0704 e. The van der Waals surface area contributed by atoms with Crippen LogP contribution in [-0.2, 0) is 0 Å². The van der Waals surface area contributed by atoms with Gasteiger partial charge in [-0.25, -0.2) is 0 Å². The van der Waals surface area contributed by atoms with Crippen molar-refractivity contribution in [3.05, 3.63) is 32.7 Å². The Balaban J connectivity index is 2.97. The standard InChI is InChI=1S/C9H11Br2NO/c1-5(13)9(12)6-2-3-7(10)8(11)4-6/h2-5,9,13H,12H2,1H3. The van der Waals surface area contributed by atoms with Crippen molar-refractivity contribution in [2.75, 3.05) is 0 Å². The lowest BCUT2D eigenvalue weighted by Gasteiger charge is -2.15. The van der Waals surface area contributed by atoms with E-state index in [-0.39, 0.29) is 6.04 Å². The van der Waals surface area contributed by atoms with Gasteiger partial charge in [0.25, 0.3) is 0 Å². The van der Waals surface area contributed by atoms with E-state index in [9.17, 15) is 5.11 Å². The molecule has 3 N–H and O–H groups in total.